The van der Waals surface area contributed by atoms with Crippen LogP contribution in [0.3, 0.4) is 0 Å². The number of nitrogens with zero attached hydrogens (tertiary/aromatic N) is 2. The molecule has 9 nitrogen and oxygen atoms in total. The Labute approximate surface area is 131 Å². The molecule has 0 spiro atoms. The van der Waals surface area contributed by atoms with E-state index in [1.165, 1.54) is 18.3 Å². The number of hydrazine groups is 1. The summed E-state index contributed by atoms with van der Waals surface area (Å²) >= 11 is 4.23. The molecule has 2 rings (SSSR count). The molecule has 0 amide bonds. The van der Waals surface area contributed by atoms with Gasteiger partial charge >= 0.3 is 0 Å². The Bertz CT molecular complexity index is 791. The van der Waals surface area contributed by atoms with Crippen molar-refractivity contribution in [2.75, 3.05) is 10.1 Å². The fourth-order valence-electron chi connectivity index (χ4n) is 1.43. The van der Waals surface area contributed by atoms with Crippen molar-refractivity contribution >= 4 is 53.8 Å². The summed E-state index contributed by atoms with van der Waals surface area (Å²) in [6.07, 6.45) is 1.44. The van der Waals surface area contributed by atoms with Crippen LogP contribution >= 0.6 is 27.3 Å². The first-order valence-corrected chi connectivity index (χ1v) is 8.32. The van der Waals surface area contributed by atoms with E-state index in [0.717, 1.165) is 17.4 Å². The minimum Gasteiger partial charge on any atom is -0.318 e. The van der Waals surface area contributed by atoms with Crippen LogP contribution in [0, 0.1) is 10.1 Å². The molecular formula is C9H8BrN5O4S2. The first-order chi connectivity index (χ1) is 9.83. The van der Waals surface area contributed by atoms with E-state index >= 15 is 0 Å². The molecule has 0 bridgehead atoms. The van der Waals surface area contributed by atoms with E-state index in [1.807, 2.05) is 0 Å². The fraction of sp³-hybridized carbons (Fsp3) is 0. The molecule has 0 atom stereocenters. The van der Waals surface area contributed by atoms with Crippen LogP contribution in [0.15, 0.2) is 33.1 Å². The first-order valence-electron chi connectivity index (χ1n) is 5.22. The lowest BCUT2D eigenvalue weighted by Crippen LogP contribution is -2.14. The summed E-state index contributed by atoms with van der Waals surface area (Å²) < 4.78 is 27.2. The van der Waals surface area contributed by atoms with Gasteiger partial charge in [-0.2, -0.15) is 0 Å². The molecule has 2 aromatic rings. The smallest absolute Gasteiger partial charge is 0.295 e. The van der Waals surface area contributed by atoms with Crippen molar-refractivity contribution in [3.8, 4) is 0 Å². The Morgan fingerprint density at radius 3 is 2.67 bits per heavy atom. The summed E-state index contributed by atoms with van der Waals surface area (Å²) in [6.45, 7) is 0. The number of nitrogens with two attached hydrogens (primary N) is 1. The summed E-state index contributed by atoms with van der Waals surface area (Å²) in [6, 6.07) is 3.33. The predicted molar refractivity (Wildman–Crippen MR) is 81.5 cm³/mol. The van der Waals surface area contributed by atoms with Crippen molar-refractivity contribution in [2.45, 2.75) is 4.90 Å². The molecule has 0 fully saturated rings. The number of hydrogen-bond donors (Lipinski definition) is 3. The third-order valence-corrected chi connectivity index (χ3v) is 5.19. The van der Waals surface area contributed by atoms with Gasteiger partial charge in [0.25, 0.3) is 15.7 Å². The third-order valence-electron chi connectivity index (χ3n) is 2.33. The minimum absolute atomic E-state index is 0.0101. The molecule has 112 valence electrons. The Hall–Kier alpha value is -1.76. The number of nitro groups is 1. The third kappa shape index (κ3) is 3.47. The highest BCUT2D eigenvalue weighted by molar-refractivity contribution is 9.11. The molecule has 0 aliphatic rings. The van der Waals surface area contributed by atoms with Gasteiger partial charge in [-0.05, 0) is 28.1 Å². The molecular weight excluding hydrogens is 386 g/mol. The van der Waals surface area contributed by atoms with Crippen LogP contribution in [0.25, 0.3) is 0 Å². The van der Waals surface area contributed by atoms with Crippen molar-refractivity contribution in [2.24, 2.45) is 5.84 Å². The van der Waals surface area contributed by atoms with Crippen LogP contribution in [0.2, 0.25) is 0 Å². The van der Waals surface area contributed by atoms with Gasteiger partial charge in [0.05, 0.1) is 19.8 Å². The van der Waals surface area contributed by atoms with Crippen LogP contribution in [-0.2, 0) is 10.0 Å². The van der Waals surface area contributed by atoms with Gasteiger partial charge < -0.3 is 5.43 Å². The first kappa shape index (κ1) is 15.6. The molecule has 12 heteroatoms. The number of hydrogen-bond acceptors (Lipinski definition) is 8. The molecule has 1 aromatic heterocycles. The largest absolute Gasteiger partial charge is 0.318 e. The number of nitrogen functional groups attached to an aromatic ring is 1. The average Bonchev–Trinajstić information content (AvgIpc) is 2.82. The summed E-state index contributed by atoms with van der Waals surface area (Å²) in [5, 5.41) is 11.0. The topological polar surface area (TPSA) is 140 Å². The Morgan fingerprint density at radius 2 is 2.14 bits per heavy atom. The molecule has 0 saturated carbocycles. The van der Waals surface area contributed by atoms with Crippen molar-refractivity contribution in [1.82, 2.24) is 4.98 Å². The summed E-state index contributed by atoms with van der Waals surface area (Å²) in [7, 11) is -3.98. The van der Waals surface area contributed by atoms with E-state index in [2.05, 4.69) is 31.1 Å². The van der Waals surface area contributed by atoms with Crippen LogP contribution < -0.4 is 16.0 Å². The molecule has 1 heterocycles. The van der Waals surface area contributed by atoms with Crippen molar-refractivity contribution in [1.29, 1.82) is 0 Å². The molecule has 21 heavy (non-hydrogen) atoms. The van der Waals surface area contributed by atoms with Gasteiger partial charge in [0.15, 0.2) is 5.13 Å². The number of sulfonamides is 1. The lowest BCUT2D eigenvalue weighted by atomic mass is 10.3. The van der Waals surface area contributed by atoms with Crippen molar-refractivity contribution < 1.29 is 13.3 Å². The van der Waals surface area contributed by atoms with Crippen LogP contribution in [0.1, 0.15) is 0 Å². The SMILES string of the molecule is NNc1ccc(S(=O)(=O)Nc2ncc(Br)s2)cc1[N+](=O)[O-]. The van der Waals surface area contributed by atoms with Gasteiger partial charge in [0.1, 0.15) is 5.69 Å². The molecule has 0 aliphatic heterocycles. The highest BCUT2D eigenvalue weighted by atomic mass is 79.9. The fourth-order valence-corrected chi connectivity index (χ4v) is 3.80. The van der Waals surface area contributed by atoms with Crippen LogP contribution in [0.4, 0.5) is 16.5 Å². The van der Waals surface area contributed by atoms with Gasteiger partial charge in [-0.25, -0.2) is 13.4 Å². The Kier molecular flexibility index (Phi) is 4.41. The van der Waals surface area contributed by atoms with E-state index in [-0.39, 0.29) is 15.7 Å². The van der Waals surface area contributed by atoms with Gasteiger partial charge in [0, 0.05) is 6.07 Å². The number of nitrogens with one attached hydrogen (secondary N) is 2. The normalized spacial score (nSPS) is 11.1. The van der Waals surface area contributed by atoms with Gasteiger partial charge in [0.2, 0.25) is 0 Å². The number of rotatable bonds is 5. The van der Waals surface area contributed by atoms with E-state index in [1.54, 1.807) is 0 Å². The minimum atomic E-state index is -3.98. The number of anilines is 2. The van der Waals surface area contributed by atoms with Crippen LogP contribution in [-0.4, -0.2) is 18.3 Å². The summed E-state index contributed by atoms with van der Waals surface area (Å²) in [5.41, 5.74) is 1.70. The number of halogens is 1. The maximum atomic E-state index is 12.2. The zero-order valence-corrected chi connectivity index (χ0v) is 13.3. The zero-order valence-electron chi connectivity index (χ0n) is 10.1. The lowest BCUT2D eigenvalue weighted by molar-refractivity contribution is -0.384. The molecule has 1 aromatic carbocycles. The van der Waals surface area contributed by atoms with E-state index < -0.39 is 20.6 Å². The maximum Gasteiger partial charge on any atom is 0.295 e. The monoisotopic (exact) mass is 393 g/mol. The Balaban J connectivity index is 2.40. The summed E-state index contributed by atoms with van der Waals surface area (Å²) in [4.78, 5) is 13.7. The zero-order chi connectivity index (χ0) is 15.6. The number of aromatic nitrogens is 1. The Morgan fingerprint density at radius 1 is 1.43 bits per heavy atom. The van der Waals surface area contributed by atoms with E-state index in [4.69, 9.17) is 5.84 Å². The number of nitro benzene ring substituents is 1. The number of thiazole rings is 1. The molecule has 4 N–H and O–H groups in total. The second-order valence-corrected chi connectivity index (χ2v) is 7.75. The van der Waals surface area contributed by atoms with Crippen LogP contribution in [0.5, 0.6) is 0 Å². The van der Waals surface area contributed by atoms with Crippen molar-refractivity contribution in [3.63, 3.8) is 0 Å². The molecule has 0 aliphatic carbocycles. The van der Waals surface area contributed by atoms with Gasteiger partial charge in [-0.15, -0.1) is 0 Å². The highest BCUT2D eigenvalue weighted by Gasteiger charge is 2.22. The quantitative estimate of drug-likeness (QED) is 0.400. The van der Waals surface area contributed by atoms with E-state index in [9.17, 15) is 18.5 Å². The van der Waals surface area contributed by atoms with Crippen molar-refractivity contribution in [3.05, 3.63) is 38.3 Å². The van der Waals surface area contributed by atoms with Gasteiger partial charge in [-0.1, -0.05) is 11.3 Å². The maximum absolute atomic E-state index is 12.2. The van der Waals surface area contributed by atoms with Gasteiger partial charge in [-0.3, -0.25) is 20.7 Å². The predicted octanol–water partition coefficient (Wildman–Crippen LogP) is 1.90. The molecule has 0 unspecified atom stereocenters. The average molecular weight is 394 g/mol. The molecule has 0 saturated heterocycles. The number of benzene rings is 1. The second-order valence-electron chi connectivity index (χ2n) is 3.66. The lowest BCUT2D eigenvalue weighted by Gasteiger charge is -2.07. The molecule has 0 radical (unpaired) electrons. The second kappa shape index (κ2) is 5.93. The highest BCUT2D eigenvalue weighted by Crippen LogP contribution is 2.29. The van der Waals surface area contributed by atoms with E-state index in [0.29, 0.717) is 3.79 Å². The standard InChI is InChI=1S/C9H8BrN5O4S2/c10-8-4-12-9(20-8)14-21(18,19)5-1-2-6(13-11)7(3-5)15(16)17/h1-4,13H,11H2,(H,12,14). The summed E-state index contributed by atoms with van der Waals surface area (Å²) in [5.74, 6) is 5.14.